The number of aliphatic hydroxyl groups excluding tert-OH is 1. The Kier molecular flexibility index (Phi) is 4.71. The smallest absolute Gasteiger partial charge is 0.272 e. The molecule has 3 rings (SSSR count). The normalized spacial score (nSPS) is 26.3. The van der Waals surface area contributed by atoms with Crippen molar-refractivity contribution in [3.8, 4) is 0 Å². The van der Waals surface area contributed by atoms with E-state index in [0.29, 0.717) is 18.8 Å². The third-order valence-electron chi connectivity index (χ3n) is 5.89. The van der Waals surface area contributed by atoms with E-state index >= 15 is 0 Å². The number of fused-ring (bicyclic) bond motifs is 1. The second kappa shape index (κ2) is 6.48. The maximum absolute atomic E-state index is 13.1. The van der Waals surface area contributed by atoms with Crippen LogP contribution >= 0.6 is 0 Å². The lowest BCUT2D eigenvalue weighted by molar-refractivity contribution is -0.00720. The number of amides is 1. The van der Waals surface area contributed by atoms with Crippen LogP contribution in [0.5, 0.6) is 0 Å². The molecule has 2 aliphatic rings. The third-order valence-corrected chi connectivity index (χ3v) is 5.89. The topological polar surface area (TPSA) is 67.6 Å². The minimum atomic E-state index is -0.0695. The zero-order valence-corrected chi connectivity index (χ0v) is 15.2. The van der Waals surface area contributed by atoms with Crippen molar-refractivity contribution in [2.24, 2.45) is 12.5 Å². The van der Waals surface area contributed by atoms with E-state index in [-0.39, 0.29) is 30.1 Å². The molecule has 0 aromatic carbocycles. The number of carbonyl (C=O) groups is 1. The van der Waals surface area contributed by atoms with Crippen molar-refractivity contribution in [2.45, 2.75) is 58.7 Å². The number of ether oxygens (including phenoxy) is 1. The van der Waals surface area contributed by atoms with Crippen LogP contribution in [0.15, 0.2) is 0 Å². The minimum Gasteiger partial charge on any atom is -0.396 e. The molecular weight excluding hydrogens is 306 g/mol. The van der Waals surface area contributed by atoms with Crippen LogP contribution in [0.2, 0.25) is 0 Å². The van der Waals surface area contributed by atoms with Gasteiger partial charge in [-0.15, -0.1) is 0 Å². The molecule has 0 aliphatic carbocycles. The van der Waals surface area contributed by atoms with Gasteiger partial charge in [-0.2, -0.15) is 5.10 Å². The number of aliphatic hydroxyl groups is 1. The van der Waals surface area contributed by atoms with E-state index in [4.69, 9.17) is 4.74 Å². The highest BCUT2D eigenvalue weighted by Crippen LogP contribution is 2.36. The number of likely N-dealkylation sites (tertiary alicyclic amines) is 1. The van der Waals surface area contributed by atoms with Gasteiger partial charge < -0.3 is 14.7 Å². The van der Waals surface area contributed by atoms with Gasteiger partial charge in [0, 0.05) is 38.7 Å². The van der Waals surface area contributed by atoms with Gasteiger partial charge in [-0.3, -0.25) is 9.48 Å². The monoisotopic (exact) mass is 335 g/mol. The third kappa shape index (κ3) is 2.86. The quantitative estimate of drug-likeness (QED) is 0.918. The van der Waals surface area contributed by atoms with Crippen molar-refractivity contribution in [3.05, 3.63) is 17.0 Å². The average molecular weight is 335 g/mol. The Morgan fingerprint density at radius 1 is 1.38 bits per heavy atom. The summed E-state index contributed by atoms with van der Waals surface area (Å²) in [6.07, 6.45) is 3.45. The fraction of sp³-hybridized carbons (Fsp3) is 0.778. The molecule has 1 amide bonds. The molecule has 2 atom stereocenters. The maximum Gasteiger partial charge on any atom is 0.272 e. The first-order chi connectivity index (χ1) is 11.4. The Hall–Kier alpha value is -1.40. The van der Waals surface area contributed by atoms with Crippen molar-refractivity contribution in [2.75, 3.05) is 19.7 Å². The van der Waals surface area contributed by atoms with Crippen molar-refractivity contribution in [1.29, 1.82) is 0 Å². The first-order valence-electron chi connectivity index (χ1n) is 9.02. The summed E-state index contributed by atoms with van der Waals surface area (Å²) in [4.78, 5) is 15.0. The number of rotatable bonds is 3. The number of hydrogen-bond acceptors (Lipinski definition) is 4. The van der Waals surface area contributed by atoms with Crippen LogP contribution in [-0.2, 0) is 18.2 Å². The van der Waals surface area contributed by atoms with E-state index in [1.165, 1.54) is 0 Å². The summed E-state index contributed by atoms with van der Waals surface area (Å²) in [7, 11) is 1.84. The van der Waals surface area contributed by atoms with Crippen LogP contribution in [0.1, 0.15) is 67.9 Å². The van der Waals surface area contributed by atoms with E-state index in [9.17, 15) is 9.90 Å². The van der Waals surface area contributed by atoms with Gasteiger partial charge in [-0.25, -0.2) is 0 Å². The van der Waals surface area contributed by atoms with E-state index in [1.807, 2.05) is 25.8 Å². The molecule has 134 valence electrons. The molecule has 1 saturated heterocycles. The number of hydrogen-bond donors (Lipinski definition) is 1. The lowest BCUT2D eigenvalue weighted by atomic mass is 9.77. The van der Waals surface area contributed by atoms with E-state index < -0.39 is 0 Å². The molecule has 6 heteroatoms. The van der Waals surface area contributed by atoms with Gasteiger partial charge in [0.25, 0.3) is 5.91 Å². The summed E-state index contributed by atoms with van der Waals surface area (Å²) >= 11 is 0. The molecule has 0 saturated carbocycles. The Balaban J connectivity index is 1.82. The lowest BCUT2D eigenvalue weighted by Crippen LogP contribution is -2.45. The van der Waals surface area contributed by atoms with E-state index in [2.05, 4.69) is 12.0 Å². The number of nitrogens with zero attached hydrogens (tertiary/aromatic N) is 3. The number of aromatic nitrogens is 2. The second-order valence-corrected chi connectivity index (χ2v) is 7.43. The highest BCUT2D eigenvalue weighted by atomic mass is 16.5. The van der Waals surface area contributed by atoms with Crippen molar-refractivity contribution in [3.63, 3.8) is 0 Å². The SMILES string of the molecule is CCC1(CO)CCN(C(=O)c2c3c(nn2C)[C@H](C)O[C@H](C)C3)CC1. The fourth-order valence-corrected chi connectivity index (χ4v) is 4.09. The highest BCUT2D eigenvalue weighted by molar-refractivity contribution is 5.94. The predicted molar refractivity (Wildman–Crippen MR) is 90.8 cm³/mol. The van der Waals surface area contributed by atoms with Crippen LogP contribution in [0.3, 0.4) is 0 Å². The molecule has 0 unspecified atom stereocenters. The largest absolute Gasteiger partial charge is 0.396 e. The summed E-state index contributed by atoms with van der Waals surface area (Å²) in [5, 5.41) is 14.2. The zero-order chi connectivity index (χ0) is 17.5. The van der Waals surface area contributed by atoms with Crippen LogP contribution in [-0.4, -0.2) is 51.5 Å². The molecule has 1 N–H and O–H groups in total. The number of carbonyl (C=O) groups excluding carboxylic acids is 1. The van der Waals surface area contributed by atoms with Gasteiger partial charge in [0.15, 0.2) is 0 Å². The van der Waals surface area contributed by atoms with Crippen molar-refractivity contribution in [1.82, 2.24) is 14.7 Å². The standard InChI is InChI=1S/C18H29N3O3/c1-5-18(11-22)6-8-21(9-7-18)17(23)16-14-10-12(2)24-13(3)15(14)19-20(16)4/h12-13,22H,5-11H2,1-4H3/t12-,13+/m1/s1. The molecular formula is C18H29N3O3. The Bertz CT molecular complexity index is 611. The van der Waals surface area contributed by atoms with Gasteiger partial charge >= 0.3 is 0 Å². The minimum absolute atomic E-state index is 0.0144. The van der Waals surface area contributed by atoms with Gasteiger partial charge in [0.1, 0.15) is 5.69 Å². The molecule has 1 fully saturated rings. The molecule has 0 spiro atoms. The van der Waals surface area contributed by atoms with Gasteiger partial charge in [-0.1, -0.05) is 6.92 Å². The molecule has 2 aliphatic heterocycles. The first kappa shape index (κ1) is 17.4. The Morgan fingerprint density at radius 3 is 2.62 bits per heavy atom. The van der Waals surface area contributed by atoms with Crippen molar-refractivity contribution < 1.29 is 14.6 Å². The summed E-state index contributed by atoms with van der Waals surface area (Å²) in [5.74, 6) is 0.0650. The highest BCUT2D eigenvalue weighted by Gasteiger charge is 2.37. The first-order valence-corrected chi connectivity index (χ1v) is 9.02. The predicted octanol–water partition coefficient (Wildman–Crippen LogP) is 2.07. The van der Waals surface area contributed by atoms with E-state index in [1.54, 1.807) is 4.68 Å². The summed E-state index contributed by atoms with van der Waals surface area (Å²) in [6, 6.07) is 0. The second-order valence-electron chi connectivity index (χ2n) is 7.43. The average Bonchev–Trinajstić information content (AvgIpc) is 2.90. The van der Waals surface area contributed by atoms with Crippen LogP contribution in [0.4, 0.5) is 0 Å². The van der Waals surface area contributed by atoms with Crippen molar-refractivity contribution >= 4 is 5.91 Å². The molecule has 1 aromatic rings. The summed E-state index contributed by atoms with van der Waals surface area (Å²) in [5.41, 5.74) is 2.64. The number of aryl methyl sites for hydroxylation is 1. The lowest BCUT2D eigenvalue weighted by Gasteiger charge is -2.40. The molecule has 0 radical (unpaired) electrons. The number of piperidine rings is 1. The van der Waals surface area contributed by atoms with Crippen LogP contribution in [0, 0.1) is 5.41 Å². The van der Waals surface area contributed by atoms with Gasteiger partial charge in [-0.05, 0) is 38.5 Å². The zero-order valence-electron chi connectivity index (χ0n) is 15.2. The Morgan fingerprint density at radius 2 is 2.04 bits per heavy atom. The summed E-state index contributed by atoms with van der Waals surface area (Å²) in [6.45, 7) is 7.77. The summed E-state index contributed by atoms with van der Waals surface area (Å²) < 4.78 is 7.55. The fourth-order valence-electron chi connectivity index (χ4n) is 4.09. The van der Waals surface area contributed by atoms with Crippen LogP contribution < -0.4 is 0 Å². The maximum atomic E-state index is 13.1. The molecule has 3 heterocycles. The molecule has 1 aromatic heterocycles. The van der Waals surface area contributed by atoms with Crippen LogP contribution in [0.25, 0.3) is 0 Å². The van der Waals surface area contributed by atoms with Gasteiger partial charge in [0.05, 0.1) is 17.9 Å². The van der Waals surface area contributed by atoms with E-state index in [0.717, 1.165) is 36.9 Å². The molecule has 0 bridgehead atoms. The molecule has 24 heavy (non-hydrogen) atoms. The Labute approximate surface area is 143 Å². The molecule has 6 nitrogen and oxygen atoms in total. The van der Waals surface area contributed by atoms with Gasteiger partial charge in [0.2, 0.25) is 0 Å².